The van der Waals surface area contributed by atoms with Crippen LogP contribution in [0.2, 0.25) is 0 Å². The Morgan fingerprint density at radius 3 is 2.93 bits per heavy atom. The second-order valence-corrected chi connectivity index (χ2v) is 7.94. The quantitative estimate of drug-likeness (QED) is 0.729. The van der Waals surface area contributed by atoms with Gasteiger partial charge in [-0.05, 0) is 31.5 Å². The van der Waals surface area contributed by atoms with Crippen LogP contribution in [-0.2, 0) is 4.74 Å². The molecule has 0 spiro atoms. The van der Waals surface area contributed by atoms with Crippen LogP contribution in [0, 0.1) is 6.92 Å². The molecule has 1 atom stereocenters. The van der Waals surface area contributed by atoms with Crippen LogP contribution in [0.3, 0.4) is 0 Å². The van der Waals surface area contributed by atoms with Crippen LogP contribution in [0.1, 0.15) is 33.9 Å². The predicted octanol–water partition coefficient (Wildman–Crippen LogP) is 3.04. The molecule has 1 aliphatic rings. The van der Waals surface area contributed by atoms with Crippen molar-refractivity contribution in [3.05, 3.63) is 46.7 Å². The lowest BCUT2D eigenvalue weighted by Crippen LogP contribution is -2.54. The molecule has 27 heavy (non-hydrogen) atoms. The normalized spacial score (nSPS) is 15.6. The second kappa shape index (κ2) is 7.21. The molecule has 0 unspecified atom stereocenters. The molecule has 1 aliphatic heterocycles. The lowest BCUT2D eigenvalue weighted by Gasteiger charge is -2.37. The molecule has 4 rings (SSSR count). The lowest BCUT2D eigenvalue weighted by atomic mass is 10.1. The maximum absolute atomic E-state index is 13.0. The number of aryl methyl sites for hydroxylation is 1. The molecule has 0 aromatic carbocycles. The number of nitrogens with zero attached hydrogens (tertiary/aromatic N) is 4. The van der Waals surface area contributed by atoms with Gasteiger partial charge in [0.2, 0.25) is 5.95 Å². The third-order valence-electron chi connectivity index (χ3n) is 4.70. The Morgan fingerprint density at radius 2 is 2.22 bits per heavy atom. The number of fused-ring (bicyclic) bond motifs is 1. The molecule has 1 saturated heterocycles. The van der Waals surface area contributed by atoms with E-state index in [-0.39, 0.29) is 18.1 Å². The monoisotopic (exact) mass is 383 g/mol. The number of hydrogen-bond donors (Lipinski definition) is 1. The average molecular weight is 383 g/mol. The summed E-state index contributed by atoms with van der Waals surface area (Å²) in [4.78, 5) is 29.2. The fourth-order valence-electron chi connectivity index (χ4n) is 3.07. The number of thiophene rings is 1. The highest BCUT2D eigenvalue weighted by Crippen LogP contribution is 2.30. The van der Waals surface area contributed by atoms with Crippen LogP contribution in [0.15, 0.2) is 30.6 Å². The van der Waals surface area contributed by atoms with Gasteiger partial charge in [0.1, 0.15) is 0 Å². The summed E-state index contributed by atoms with van der Waals surface area (Å²) in [6.07, 6.45) is 3.66. The summed E-state index contributed by atoms with van der Waals surface area (Å²) in [5, 5.41) is 3.30. The number of anilines is 1. The minimum atomic E-state index is -0.0744. The Hall–Kier alpha value is -2.58. The van der Waals surface area contributed by atoms with Crippen LogP contribution in [0.25, 0.3) is 10.2 Å². The van der Waals surface area contributed by atoms with E-state index in [2.05, 4.69) is 20.3 Å². The number of ether oxygens (including phenoxy) is 1. The number of hydrogen-bond acceptors (Lipinski definition) is 7. The number of pyridine rings is 1. The number of carbonyl (C=O) groups excluding carboxylic acids is 1. The van der Waals surface area contributed by atoms with Crippen molar-refractivity contribution in [3.8, 4) is 0 Å². The van der Waals surface area contributed by atoms with E-state index in [4.69, 9.17) is 4.74 Å². The maximum Gasteiger partial charge on any atom is 0.274 e. The molecule has 0 radical (unpaired) electrons. The van der Waals surface area contributed by atoms with Crippen LogP contribution in [0.5, 0.6) is 0 Å². The van der Waals surface area contributed by atoms with Gasteiger partial charge >= 0.3 is 0 Å². The number of methoxy groups -OCH3 is 1. The molecule has 1 N–H and O–H groups in total. The van der Waals surface area contributed by atoms with Crippen molar-refractivity contribution in [1.82, 2.24) is 19.9 Å². The van der Waals surface area contributed by atoms with E-state index < -0.39 is 0 Å². The van der Waals surface area contributed by atoms with Crippen LogP contribution >= 0.6 is 11.3 Å². The fraction of sp³-hybridized carbons (Fsp3) is 0.368. The SMILES string of the molecule is COC1CN(C(=O)c2nc(N[C@@H](C)c3cccnc3)nc3cc(C)sc23)C1. The molecule has 0 aliphatic carbocycles. The van der Waals surface area contributed by atoms with Crippen molar-refractivity contribution in [1.29, 1.82) is 0 Å². The fourth-order valence-corrected chi connectivity index (χ4v) is 4.00. The van der Waals surface area contributed by atoms with Gasteiger partial charge in [-0.15, -0.1) is 11.3 Å². The Bertz CT molecular complexity index is 969. The lowest BCUT2D eigenvalue weighted by molar-refractivity contribution is -0.0193. The van der Waals surface area contributed by atoms with E-state index in [1.165, 1.54) is 0 Å². The van der Waals surface area contributed by atoms with E-state index in [9.17, 15) is 4.79 Å². The summed E-state index contributed by atoms with van der Waals surface area (Å²) in [6, 6.07) is 5.85. The third-order valence-corrected chi connectivity index (χ3v) is 5.74. The van der Waals surface area contributed by atoms with E-state index in [1.807, 2.05) is 38.2 Å². The van der Waals surface area contributed by atoms with E-state index >= 15 is 0 Å². The Morgan fingerprint density at radius 1 is 1.41 bits per heavy atom. The highest BCUT2D eigenvalue weighted by Gasteiger charge is 2.33. The van der Waals surface area contributed by atoms with Gasteiger partial charge in [0.25, 0.3) is 5.91 Å². The molecule has 3 aromatic rings. The first kappa shape index (κ1) is 17.8. The van der Waals surface area contributed by atoms with E-state index in [1.54, 1.807) is 29.5 Å². The van der Waals surface area contributed by atoms with Crippen molar-refractivity contribution in [2.24, 2.45) is 0 Å². The van der Waals surface area contributed by atoms with E-state index in [0.29, 0.717) is 24.7 Å². The predicted molar refractivity (Wildman–Crippen MR) is 105 cm³/mol. The summed E-state index contributed by atoms with van der Waals surface area (Å²) in [6.45, 7) is 5.22. The first-order valence-electron chi connectivity index (χ1n) is 8.82. The molecule has 3 aromatic heterocycles. The second-order valence-electron chi connectivity index (χ2n) is 6.69. The number of rotatable bonds is 5. The average Bonchev–Trinajstić information content (AvgIpc) is 3.00. The van der Waals surface area contributed by atoms with Gasteiger partial charge < -0.3 is 15.0 Å². The van der Waals surface area contributed by atoms with Gasteiger partial charge in [-0.1, -0.05) is 6.07 Å². The molecule has 140 valence electrons. The van der Waals surface area contributed by atoms with Gasteiger partial charge in [0, 0.05) is 37.5 Å². The Labute approximate surface area is 161 Å². The molecular weight excluding hydrogens is 362 g/mol. The maximum atomic E-state index is 13.0. The minimum absolute atomic E-state index is 0.0271. The molecule has 0 saturated carbocycles. The number of aromatic nitrogens is 3. The van der Waals surface area contributed by atoms with Crippen molar-refractivity contribution >= 4 is 33.4 Å². The smallest absolute Gasteiger partial charge is 0.274 e. The minimum Gasteiger partial charge on any atom is -0.378 e. The number of likely N-dealkylation sites (tertiary alicyclic amines) is 1. The van der Waals surface area contributed by atoms with Crippen molar-refractivity contribution < 1.29 is 9.53 Å². The summed E-state index contributed by atoms with van der Waals surface area (Å²) >= 11 is 1.55. The number of nitrogens with one attached hydrogen (secondary N) is 1. The van der Waals surface area contributed by atoms with Crippen molar-refractivity contribution in [2.45, 2.75) is 26.0 Å². The van der Waals surface area contributed by atoms with Gasteiger partial charge in [0.15, 0.2) is 5.69 Å². The summed E-state index contributed by atoms with van der Waals surface area (Å²) in [5.41, 5.74) is 2.27. The van der Waals surface area contributed by atoms with Gasteiger partial charge in [-0.2, -0.15) is 0 Å². The first-order valence-corrected chi connectivity index (χ1v) is 9.63. The van der Waals surface area contributed by atoms with Gasteiger partial charge in [-0.3, -0.25) is 9.78 Å². The Kier molecular flexibility index (Phi) is 4.75. The first-order chi connectivity index (χ1) is 13.0. The molecule has 1 fully saturated rings. The van der Waals surface area contributed by atoms with Crippen LogP contribution in [0.4, 0.5) is 5.95 Å². The molecular formula is C19H21N5O2S. The standard InChI is InChI=1S/C19H21N5O2S/c1-11-7-15-17(27-11)16(18(25)24-9-14(10-24)26-3)23-19(22-15)21-12(2)13-5-4-6-20-8-13/h4-8,12,14H,9-10H2,1-3H3,(H,21,22,23)/t12-/m0/s1. The van der Waals surface area contributed by atoms with Crippen LogP contribution < -0.4 is 5.32 Å². The number of carbonyl (C=O) groups is 1. The highest BCUT2D eigenvalue weighted by atomic mass is 32.1. The van der Waals surface area contributed by atoms with Crippen LogP contribution in [-0.4, -0.2) is 52.1 Å². The topological polar surface area (TPSA) is 80.2 Å². The summed E-state index contributed by atoms with van der Waals surface area (Å²) in [7, 11) is 1.67. The molecule has 8 heteroatoms. The number of amides is 1. The van der Waals surface area contributed by atoms with Crippen molar-refractivity contribution in [3.63, 3.8) is 0 Å². The zero-order chi connectivity index (χ0) is 19.0. The molecule has 7 nitrogen and oxygen atoms in total. The largest absolute Gasteiger partial charge is 0.378 e. The zero-order valence-corrected chi connectivity index (χ0v) is 16.3. The highest BCUT2D eigenvalue weighted by molar-refractivity contribution is 7.19. The van der Waals surface area contributed by atoms with E-state index in [0.717, 1.165) is 20.7 Å². The summed E-state index contributed by atoms with van der Waals surface area (Å²) < 4.78 is 6.11. The summed E-state index contributed by atoms with van der Waals surface area (Å²) in [5.74, 6) is 0.374. The van der Waals surface area contributed by atoms with Gasteiger partial charge in [0.05, 0.1) is 22.4 Å². The van der Waals surface area contributed by atoms with Gasteiger partial charge in [-0.25, -0.2) is 9.97 Å². The molecule has 0 bridgehead atoms. The third kappa shape index (κ3) is 3.50. The Balaban J connectivity index is 1.65. The molecule has 4 heterocycles. The zero-order valence-electron chi connectivity index (χ0n) is 15.5. The molecule has 1 amide bonds. The van der Waals surface area contributed by atoms with Crippen molar-refractivity contribution in [2.75, 3.05) is 25.5 Å².